The Bertz CT molecular complexity index is 1020. The van der Waals surface area contributed by atoms with E-state index in [-0.39, 0.29) is 5.76 Å². The number of furan rings is 1. The van der Waals surface area contributed by atoms with Gasteiger partial charge < -0.3 is 13.7 Å². The van der Waals surface area contributed by atoms with E-state index < -0.39 is 16.7 Å². The predicted octanol–water partition coefficient (Wildman–Crippen LogP) is 3.24. The maximum Gasteiger partial charge on any atom is 0.433 e. The molecule has 1 amide bonds. The van der Waals surface area contributed by atoms with Gasteiger partial charge in [0, 0.05) is 18.7 Å². The summed E-state index contributed by atoms with van der Waals surface area (Å²) >= 11 is 7.30. The Balaban J connectivity index is 2.07. The van der Waals surface area contributed by atoms with Gasteiger partial charge in [-0.05, 0) is 24.3 Å². The zero-order chi connectivity index (χ0) is 18.0. The minimum Gasteiger partial charge on any atom is -0.395 e. The summed E-state index contributed by atoms with van der Waals surface area (Å²) in [6, 6.07) is 7.72. The lowest BCUT2D eigenvalue weighted by atomic mass is 10.3. The molecule has 0 fully saturated rings. The highest BCUT2D eigenvalue weighted by Gasteiger charge is 2.17. The van der Waals surface area contributed by atoms with Crippen molar-refractivity contribution in [2.24, 2.45) is 4.99 Å². The fraction of sp³-hybridized carbons (Fsp3) is 0.200. The van der Waals surface area contributed by atoms with Crippen LogP contribution in [-0.2, 0) is 11.3 Å². The number of hydrogen-bond acceptors (Lipinski definition) is 6. The van der Waals surface area contributed by atoms with Crippen LogP contribution in [0.1, 0.15) is 10.6 Å². The van der Waals surface area contributed by atoms with Gasteiger partial charge in [-0.2, -0.15) is 4.99 Å². The number of nitrogens with zero attached hydrogens (tertiary/aromatic N) is 3. The first kappa shape index (κ1) is 17.3. The SMILES string of the molecule is COCCn1c(=NC(=O)c2ccc([N+](=O)[O-])o2)sc2cc(Cl)ccc21. The smallest absolute Gasteiger partial charge is 0.395 e. The number of fused-ring (bicyclic) bond motifs is 1. The standard InChI is InChI=1S/C15H12ClN3O5S/c1-23-7-6-18-10-3-2-9(16)8-12(10)25-15(18)17-14(20)11-4-5-13(24-11)19(21)22/h2-5,8H,6-7H2,1H3. The summed E-state index contributed by atoms with van der Waals surface area (Å²) in [5.41, 5.74) is 0.864. The summed E-state index contributed by atoms with van der Waals surface area (Å²) in [4.78, 5) is 26.7. The zero-order valence-corrected chi connectivity index (χ0v) is 14.5. The highest BCUT2D eigenvalue weighted by molar-refractivity contribution is 7.16. The van der Waals surface area contributed by atoms with Crippen molar-refractivity contribution < 1.29 is 18.9 Å². The number of carbonyl (C=O) groups excluding carboxylic acids is 1. The second kappa shape index (κ2) is 7.18. The summed E-state index contributed by atoms with van der Waals surface area (Å²) in [6.45, 7) is 0.921. The number of nitro groups is 1. The van der Waals surface area contributed by atoms with Gasteiger partial charge in [-0.15, -0.1) is 0 Å². The molecule has 0 bridgehead atoms. The molecular formula is C15H12ClN3O5S. The fourth-order valence-corrected chi connectivity index (χ4v) is 3.54. The molecule has 130 valence electrons. The average Bonchev–Trinajstić information content (AvgIpc) is 3.17. The largest absolute Gasteiger partial charge is 0.433 e. The van der Waals surface area contributed by atoms with Crippen LogP contribution < -0.4 is 4.80 Å². The Hall–Kier alpha value is -2.49. The number of carbonyl (C=O) groups is 1. The van der Waals surface area contributed by atoms with E-state index in [2.05, 4.69) is 4.99 Å². The number of methoxy groups -OCH3 is 1. The molecule has 3 aromatic rings. The lowest BCUT2D eigenvalue weighted by Gasteiger charge is -2.03. The van der Waals surface area contributed by atoms with E-state index in [4.69, 9.17) is 20.8 Å². The monoisotopic (exact) mass is 381 g/mol. The van der Waals surface area contributed by atoms with Crippen LogP contribution in [0, 0.1) is 10.1 Å². The normalized spacial score (nSPS) is 12.0. The van der Waals surface area contributed by atoms with Gasteiger partial charge in [0.05, 0.1) is 22.9 Å². The van der Waals surface area contributed by atoms with Crippen LogP contribution in [0.25, 0.3) is 10.2 Å². The van der Waals surface area contributed by atoms with Crippen molar-refractivity contribution in [3.63, 3.8) is 0 Å². The third kappa shape index (κ3) is 3.63. The summed E-state index contributed by atoms with van der Waals surface area (Å²) in [6.07, 6.45) is 0. The van der Waals surface area contributed by atoms with Crippen molar-refractivity contribution in [3.05, 3.63) is 56.0 Å². The maximum absolute atomic E-state index is 12.3. The first-order valence-corrected chi connectivity index (χ1v) is 8.30. The molecule has 0 N–H and O–H groups in total. The molecule has 0 aliphatic heterocycles. The molecule has 1 aromatic carbocycles. The molecule has 10 heteroatoms. The Morgan fingerprint density at radius 3 is 2.92 bits per heavy atom. The number of hydrogen-bond donors (Lipinski definition) is 0. The Morgan fingerprint density at radius 2 is 2.24 bits per heavy atom. The second-order valence-corrected chi connectivity index (χ2v) is 6.40. The van der Waals surface area contributed by atoms with Gasteiger partial charge in [-0.25, -0.2) is 0 Å². The van der Waals surface area contributed by atoms with Crippen LogP contribution in [0.2, 0.25) is 5.02 Å². The third-order valence-electron chi connectivity index (χ3n) is 3.34. The number of halogens is 1. The van der Waals surface area contributed by atoms with Crippen LogP contribution >= 0.6 is 22.9 Å². The summed E-state index contributed by atoms with van der Waals surface area (Å²) in [5, 5.41) is 11.2. The number of thiazole rings is 1. The van der Waals surface area contributed by atoms with Gasteiger partial charge in [0.25, 0.3) is 0 Å². The number of ether oxygens (including phenoxy) is 1. The highest BCUT2D eigenvalue weighted by atomic mass is 35.5. The number of amides is 1. The van der Waals surface area contributed by atoms with E-state index in [0.29, 0.717) is 23.0 Å². The first-order chi connectivity index (χ1) is 12.0. The Kier molecular flexibility index (Phi) is 4.98. The van der Waals surface area contributed by atoms with Crippen LogP contribution in [0.4, 0.5) is 5.88 Å². The van der Waals surface area contributed by atoms with Crippen molar-refractivity contribution in [2.75, 3.05) is 13.7 Å². The van der Waals surface area contributed by atoms with Gasteiger partial charge in [0.1, 0.15) is 4.92 Å². The van der Waals surface area contributed by atoms with Crippen LogP contribution in [0.3, 0.4) is 0 Å². The van der Waals surface area contributed by atoms with Gasteiger partial charge >= 0.3 is 11.8 Å². The summed E-state index contributed by atoms with van der Waals surface area (Å²) in [5.74, 6) is -1.40. The van der Waals surface area contributed by atoms with Gasteiger partial charge in [0.15, 0.2) is 4.80 Å². The molecule has 0 unspecified atom stereocenters. The van der Waals surface area contributed by atoms with E-state index in [0.717, 1.165) is 16.3 Å². The molecule has 2 aromatic heterocycles. The molecule has 0 aliphatic carbocycles. The minimum atomic E-state index is -0.711. The summed E-state index contributed by atoms with van der Waals surface area (Å²) in [7, 11) is 1.58. The Morgan fingerprint density at radius 1 is 1.44 bits per heavy atom. The highest BCUT2D eigenvalue weighted by Crippen LogP contribution is 2.22. The second-order valence-electron chi connectivity index (χ2n) is 4.95. The molecule has 0 spiro atoms. The molecule has 0 atom stereocenters. The molecule has 0 radical (unpaired) electrons. The average molecular weight is 382 g/mol. The Labute approximate surface area is 150 Å². The van der Waals surface area contributed by atoms with Gasteiger partial charge in [0.2, 0.25) is 5.76 Å². The van der Waals surface area contributed by atoms with E-state index in [1.165, 1.54) is 17.4 Å². The predicted molar refractivity (Wildman–Crippen MR) is 92.0 cm³/mol. The first-order valence-electron chi connectivity index (χ1n) is 7.10. The minimum absolute atomic E-state index is 0.194. The van der Waals surface area contributed by atoms with E-state index in [9.17, 15) is 14.9 Å². The van der Waals surface area contributed by atoms with E-state index in [1.807, 2.05) is 10.6 Å². The quantitative estimate of drug-likeness (QED) is 0.499. The lowest BCUT2D eigenvalue weighted by molar-refractivity contribution is -0.402. The molecule has 8 nitrogen and oxygen atoms in total. The van der Waals surface area contributed by atoms with Crippen molar-refractivity contribution in [2.45, 2.75) is 6.54 Å². The molecule has 0 saturated carbocycles. The molecule has 3 rings (SSSR count). The van der Waals surface area contributed by atoms with E-state index in [1.54, 1.807) is 19.2 Å². The molecule has 0 aliphatic rings. The van der Waals surface area contributed by atoms with E-state index >= 15 is 0 Å². The molecular weight excluding hydrogens is 370 g/mol. The summed E-state index contributed by atoms with van der Waals surface area (Å²) < 4.78 is 12.7. The number of aromatic nitrogens is 1. The maximum atomic E-state index is 12.3. The van der Waals surface area contributed by atoms with Crippen molar-refractivity contribution >= 4 is 44.9 Å². The van der Waals surface area contributed by atoms with Crippen LogP contribution in [-0.4, -0.2) is 29.1 Å². The van der Waals surface area contributed by atoms with Gasteiger partial charge in [-0.1, -0.05) is 22.9 Å². The third-order valence-corrected chi connectivity index (χ3v) is 4.62. The molecule has 0 saturated heterocycles. The van der Waals surface area contributed by atoms with Gasteiger partial charge in [-0.3, -0.25) is 14.9 Å². The molecule has 25 heavy (non-hydrogen) atoms. The van der Waals surface area contributed by atoms with Crippen LogP contribution in [0.5, 0.6) is 0 Å². The molecule has 2 heterocycles. The fourth-order valence-electron chi connectivity index (χ4n) is 2.21. The zero-order valence-electron chi connectivity index (χ0n) is 13.0. The number of rotatable bonds is 5. The number of benzene rings is 1. The lowest BCUT2D eigenvalue weighted by Crippen LogP contribution is -2.19. The van der Waals surface area contributed by atoms with Crippen LogP contribution in [0.15, 0.2) is 39.7 Å². The van der Waals surface area contributed by atoms with Crippen molar-refractivity contribution in [1.82, 2.24) is 4.57 Å². The van der Waals surface area contributed by atoms with Crippen molar-refractivity contribution in [1.29, 1.82) is 0 Å². The van der Waals surface area contributed by atoms with Crippen molar-refractivity contribution in [3.8, 4) is 0 Å². The topological polar surface area (TPSA) is 99.9 Å².